The van der Waals surface area contributed by atoms with Crippen molar-refractivity contribution in [2.45, 2.75) is 25.7 Å². The first-order valence-electron chi connectivity index (χ1n) is 9.98. The van der Waals surface area contributed by atoms with Crippen LogP contribution in [0.25, 0.3) is 6.08 Å². The number of aliphatic carboxylic acids is 1. The van der Waals surface area contributed by atoms with Crippen LogP contribution in [0.15, 0.2) is 60.7 Å². The van der Waals surface area contributed by atoms with Gasteiger partial charge in [-0.15, -0.1) is 0 Å². The lowest BCUT2D eigenvalue weighted by molar-refractivity contribution is -0.145. The van der Waals surface area contributed by atoms with Gasteiger partial charge in [0.15, 0.2) is 12.1 Å². The Morgan fingerprint density at radius 3 is 2.39 bits per heavy atom. The molecule has 0 bridgehead atoms. The molecule has 0 radical (unpaired) electrons. The number of hydrogen-bond acceptors (Lipinski definition) is 5. The van der Waals surface area contributed by atoms with E-state index in [1.54, 1.807) is 50.3 Å². The molecule has 11 heteroatoms. The van der Waals surface area contributed by atoms with E-state index in [-0.39, 0.29) is 11.5 Å². The molecule has 0 aliphatic carbocycles. The quantitative estimate of drug-likeness (QED) is 0.132. The van der Waals surface area contributed by atoms with Crippen LogP contribution in [0.4, 0.5) is 5.69 Å². The minimum Gasteiger partial charge on any atom is -0.479 e. The van der Waals surface area contributed by atoms with Crippen LogP contribution in [0.3, 0.4) is 0 Å². The molecule has 3 unspecified atom stereocenters. The highest BCUT2D eigenvalue weighted by Crippen LogP contribution is 2.53. The van der Waals surface area contributed by atoms with Crippen LogP contribution in [0.2, 0.25) is 0 Å². The molecule has 2 aromatic rings. The lowest BCUT2D eigenvalue weighted by Crippen LogP contribution is -2.38. The van der Waals surface area contributed by atoms with Crippen LogP contribution in [0, 0.1) is 11.3 Å². The van der Waals surface area contributed by atoms with Gasteiger partial charge in [0.25, 0.3) is 0 Å². The van der Waals surface area contributed by atoms with E-state index in [0.29, 0.717) is 5.69 Å². The molecular formula is C22H27N4O6P. The fourth-order valence-corrected chi connectivity index (χ4v) is 4.64. The van der Waals surface area contributed by atoms with Gasteiger partial charge in [-0.05, 0) is 35.3 Å². The Bertz CT molecular complexity index is 1070. The molecule has 3 atom stereocenters. The molecule has 0 heterocycles. The Labute approximate surface area is 191 Å². The highest BCUT2D eigenvalue weighted by molar-refractivity contribution is 7.53. The van der Waals surface area contributed by atoms with Crippen LogP contribution < -0.4 is 16.4 Å². The molecular weight excluding hydrogens is 447 g/mol. The van der Waals surface area contributed by atoms with Crippen molar-refractivity contribution in [1.29, 1.82) is 5.41 Å². The molecule has 0 aliphatic heterocycles. The number of carbonyl (C=O) groups excluding carboxylic acids is 1. The fraction of sp³-hybridized carbons (Fsp3) is 0.227. The summed E-state index contributed by atoms with van der Waals surface area (Å²) in [6, 6.07) is 14.8. The van der Waals surface area contributed by atoms with Gasteiger partial charge in [0, 0.05) is 11.8 Å². The summed E-state index contributed by atoms with van der Waals surface area (Å²) in [4.78, 5) is 34.9. The number of benzene rings is 2. The maximum absolute atomic E-state index is 13.1. The zero-order valence-electron chi connectivity index (χ0n) is 18.1. The summed E-state index contributed by atoms with van der Waals surface area (Å²) in [5.41, 5.74) is 6.42. The van der Waals surface area contributed by atoms with E-state index in [4.69, 9.17) is 15.7 Å². The van der Waals surface area contributed by atoms with Gasteiger partial charge in [0.2, 0.25) is 5.91 Å². The van der Waals surface area contributed by atoms with E-state index in [9.17, 15) is 24.2 Å². The molecule has 7 N–H and O–H groups in total. The molecule has 2 rings (SSSR count). The number of carboxylic acids is 1. The number of carbonyl (C=O) groups is 2. The van der Waals surface area contributed by atoms with Crippen molar-refractivity contribution in [2.75, 3.05) is 5.32 Å². The number of anilines is 1. The summed E-state index contributed by atoms with van der Waals surface area (Å²) in [7, 11) is -4.66. The summed E-state index contributed by atoms with van der Waals surface area (Å²) in [6.07, 6.45) is 0.965. The first-order valence-corrected chi connectivity index (χ1v) is 11.6. The first-order chi connectivity index (χ1) is 15.5. The van der Waals surface area contributed by atoms with Crippen LogP contribution >= 0.6 is 7.60 Å². The number of carboxylic acid groups (broad SMARTS) is 1. The van der Waals surface area contributed by atoms with Crippen molar-refractivity contribution in [3.8, 4) is 0 Å². The summed E-state index contributed by atoms with van der Waals surface area (Å²) in [6.45, 7) is 3.20. The monoisotopic (exact) mass is 474 g/mol. The molecule has 0 aromatic heterocycles. The van der Waals surface area contributed by atoms with Gasteiger partial charge >= 0.3 is 13.6 Å². The third-order valence-corrected chi connectivity index (χ3v) is 6.39. The molecule has 0 fully saturated rings. The Morgan fingerprint density at radius 1 is 1.15 bits per heavy atom. The topological polar surface area (TPSA) is 175 Å². The SMILES string of the molecule is CC(C)C(NC(=O)/C=C/c1ccccc1)P(=O)(O)OC(C(=O)O)c1cccc(NC(=N)N)c1. The molecule has 0 spiro atoms. The summed E-state index contributed by atoms with van der Waals surface area (Å²) in [5.74, 6) is -4.39. The normalized spacial score (nSPS) is 14.9. The summed E-state index contributed by atoms with van der Waals surface area (Å²) in [5, 5.41) is 21.9. The van der Waals surface area contributed by atoms with E-state index < -0.39 is 37.3 Å². The molecule has 33 heavy (non-hydrogen) atoms. The standard InChI is InChI=1S/C22H27N4O6P/c1-14(2)20(26-18(27)12-11-15-7-4-3-5-8-15)33(30,31)32-19(21(28)29)16-9-6-10-17(13-16)25-22(23)24/h3-14,19-20H,1-2H3,(H,26,27)(H,28,29)(H,30,31)(H4,23,24,25)/b12-11+. The van der Waals surface area contributed by atoms with Crippen LogP contribution in [-0.2, 0) is 18.7 Å². The van der Waals surface area contributed by atoms with Gasteiger partial charge in [0.1, 0.15) is 5.78 Å². The smallest absolute Gasteiger partial charge is 0.351 e. The minimum atomic E-state index is -4.66. The molecule has 0 aliphatic rings. The zero-order chi connectivity index (χ0) is 24.6. The lowest BCUT2D eigenvalue weighted by atomic mass is 10.1. The van der Waals surface area contributed by atoms with Crippen molar-refractivity contribution in [3.05, 3.63) is 71.8 Å². The second kappa shape index (κ2) is 11.4. The van der Waals surface area contributed by atoms with E-state index in [0.717, 1.165) is 5.56 Å². The number of nitrogens with two attached hydrogens (primary N) is 1. The highest BCUT2D eigenvalue weighted by Gasteiger charge is 2.40. The van der Waals surface area contributed by atoms with Crippen molar-refractivity contribution in [3.63, 3.8) is 0 Å². The maximum atomic E-state index is 13.1. The third kappa shape index (κ3) is 7.87. The Kier molecular flexibility index (Phi) is 8.93. The molecule has 1 amide bonds. The van der Waals surface area contributed by atoms with Crippen molar-refractivity contribution < 1.29 is 28.7 Å². The molecule has 10 nitrogen and oxygen atoms in total. The van der Waals surface area contributed by atoms with Crippen molar-refractivity contribution in [2.24, 2.45) is 11.7 Å². The van der Waals surface area contributed by atoms with Crippen LogP contribution in [0.1, 0.15) is 31.1 Å². The van der Waals surface area contributed by atoms with E-state index in [1.165, 1.54) is 24.3 Å². The van der Waals surface area contributed by atoms with Crippen molar-refractivity contribution >= 4 is 37.2 Å². The van der Waals surface area contributed by atoms with Gasteiger partial charge in [-0.25, -0.2) is 4.79 Å². The minimum absolute atomic E-state index is 0.0563. The predicted molar refractivity (Wildman–Crippen MR) is 126 cm³/mol. The Morgan fingerprint density at radius 2 is 1.82 bits per heavy atom. The predicted octanol–water partition coefficient (Wildman–Crippen LogP) is 3.13. The zero-order valence-corrected chi connectivity index (χ0v) is 19.0. The van der Waals surface area contributed by atoms with E-state index >= 15 is 0 Å². The average molecular weight is 474 g/mol. The number of hydrogen-bond donors (Lipinski definition) is 6. The highest BCUT2D eigenvalue weighted by atomic mass is 31.2. The van der Waals surface area contributed by atoms with Crippen LogP contribution in [0.5, 0.6) is 0 Å². The summed E-state index contributed by atoms with van der Waals surface area (Å²) >= 11 is 0. The lowest BCUT2D eigenvalue weighted by Gasteiger charge is -2.28. The maximum Gasteiger partial charge on any atom is 0.351 e. The summed E-state index contributed by atoms with van der Waals surface area (Å²) < 4.78 is 18.3. The van der Waals surface area contributed by atoms with E-state index in [1.807, 2.05) is 6.07 Å². The third-order valence-electron chi connectivity index (χ3n) is 4.45. The first kappa shape index (κ1) is 25.8. The van der Waals surface area contributed by atoms with Gasteiger partial charge in [0.05, 0.1) is 0 Å². The number of guanidine groups is 1. The second-order valence-electron chi connectivity index (χ2n) is 7.49. The molecule has 176 valence electrons. The number of rotatable bonds is 10. The van der Waals surface area contributed by atoms with Gasteiger partial charge in [-0.2, -0.15) is 0 Å². The Hall–Kier alpha value is -3.46. The number of nitrogens with one attached hydrogen (secondary N) is 3. The van der Waals surface area contributed by atoms with Gasteiger partial charge in [-0.1, -0.05) is 56.3 Å². The number of amides is 1. The van der Waals surface area contributed by atoms with Gasteiger partial charge in [-0.3, -0.25) is 19.3 Å². The largest absolute Gasteiger partial charge is 0.479 e. The molecule has 0 saturated carbocycles. The van der Waals surface area contributed by atoms with E-state index in [2.05, 4.69) is 10.6 Å². The Balaban J connectivity index is 2.22. The van der Waals surface area contributed by atoms with Gasteiger partial charge < -0.3 is 26.4 Å². The molecule has 2 aromatic carbocycles. The van der Waals surface area contributed by atoms with Crippen LogP contribution in [-0.4, -0.2) is 33.6 Å². The molecule has 0 saturated heterocycles. The average Bonchev–Trinajstić information content (AvgIpc) is 2.74. The fourth-order valence-electron chi connectivity index (χ4n) is 2.96. The second-order valence-corrected chi connectivity index (χ2v) is 9.39. The van der Waals surface area contributed by atoms with Crippen molar-refractivity contribution in [1.82, 2.24) is 5.32 Å².